The monoisotopic (exact) mass is 376 g/mol. The third kappa shape index (κ3) is 4.16. The first kappa shape index (κ1) is 18.3. The maximum Gasteiger partial charge on any atom is 0.271 e. The zero-order valence-corrected chi connectivity index (χ0v) is 15.5. The number of hydrogen-bond donors (Lipinski definition) is 2. The number of rotatable bonds is 6. The van der Waals surface area contributed by atoms with Crippen molar-refractivity contribution in [2.75, 3.05) is 19.5 Å². The second kappa shape index (κ2) is 8.23. The summed E-state index contributed by atoms with van der Waals surface area (Å²) in [6.07, 6.45) is 7.32. The summed E-state index contributed by atoms with van der Waals surface area (Å²) < 4.78 is 10.5. The van der Waals surface area contributed by atoms with Crippen LogP contribution in [0.2, 0.25) is 5.02 Å². The number of nitrogens with zero attached hydrogens (tertiary/aromatic N) is 2. The van der Waals surface area contributed by atoms with E-state index in [0.717, 1.165) is 25.7 Å². The molecule has 0 spiro atoms. The summed E-state index contributed by atoms with van der Waals surface area (Å²) in [5.41, 5.74) is 0.925. The molecule has 0 radical (unpaired) electrons. The molecule has 8 heteroatoms. The highest BCUT2D eigenvalue weighted by Gasteiger charge is 2.19. The van der Waals surface area contributed by atoms with E-state index in [-0.39, 0.29) is 11.9 Å². The SMILES string of the molecule is COc1cc(Nc2cnc(C(=O)NC3CCCC3)cn2)c(OC)cc1Cl. The molecule has 3 rings (SSSR count). The van der Waals surface area contributed by atoms with Gasteiger partial charge in [-0.2, -0.15) is 0 Å². The molecule has 0 saturated heterocycles. The highest BCUT2D eigenvalue weighted by Crippen LogP contribution is 2.36. The van der Waals surface area contributed by atoms with Gasteiger partial charge in [0.2, 0.25) is 0 Å². The summed E-state index contributed by atoms with van der Waals surface area (Å²) >= 11 is 6.10. The molecule has 0 atom stereocenters. The Hall–Kier alpha value is -2.54. The lowest BCUT2D eigenvalue weighted by Crippen LogP contribution is -2.33. The number of halogens is 1. The molecule has 1 heterocycles. The zero-order valence-electron chi connectivity index (χ0n) is 14.7. The number of ether oxygens (including phenoxy) is 2. The molecule has 0 unspecified atom stereocenters. The van der Waals surface area contributed by atoms with Crippen molar-refractivity contribution < 1.29 is 14.3 Å². The van der Waals surface area contributed by atoms with E-state index in [1.165, 1.54) is 19.5 Å². The van der Waals surface area contributed by atoms with Crippen molar-refractivity contribution in [1.29, 1.82) is 0 Å². The number of nitrogens with one attached hydrogen (secondary N) is 2. The standard InChI is InChI=1S/C18H21ClN4O3/c1-25-15-8-13(16(26-2)7-12(15)19)23-17-10-20-14(9-21-17)18(24)22-11-5-3-4-6-11/h7-11H,3-6H2,1-2H3,(H,21,23)(H,22,24). The Kier molecular flexibility index (Phi) is 5.78. The van der Waals surface area contributed by atoms with Crippen molar-refractivity contribution in [2.45, 2.75) is 31.7 Å². The first-order valence-electron chi connectivity index (χ1n) is 8.42. The Morgan fingerprint density at radius 3 is 2.46 bits per heavy atom. The number of carbonyl (C=O) groups is 1. The van der Waals surface area contributed by atoms with Crippen LogP contribution in [0.1, 0.15) is 36.2 Å². The molecule has 2 N–H and O–H groups in total. The van der Waals surface area contributed by atoms with Crippen LogP contribution in [-0.4, -0.2) is 36.1 Å². The molecule has 2 aromatic rings. The second-order valence-electron chi connectivity index (χ2n) is 6.05. The lowest BCUT2D eigenvalue weighted by molar-refractivity contribution is 0.0932. The average molecular weight is 377 g/mol. The van der Waals surface area contributed by atoms with Gasteiger partial charge in [-0.15, -0.1) is 0 Å². The van der Waals surface area contributed by atoms with E-state index >= 15 is 0 Å². The smallest absolute Gasteiger partial charge is 0.271 e. The first-order valence-corrected chi connectivity index (χ1v) is 8.80. The van der Waals surface area contributed by atoms with Gasteiger partial charge in [0.05, 0.1) is 37.3 Å². The van der Waals surface area contributed by atoms with Gasteiger partial charge in [-0.3, -0.25) is 4.79 Å². The van der Waals surface area contributed by atoms with Crippen LogP contribution in [0, 0.1) is 0 Å². The molecule has 1 fully saturated rings. The van der Waals surface area contributed by atoms with Gasteiger partial charge in [0, 0.05) is 18.2 Å². The highest BCUT2D eigenvalue weighted by molar-refractivity contribution is 6.32. The van der Waals surface area contributed by atoms with Gasteiger partial charge < -0.3 is 20.1 Å². The molecule has 1 saturated carbocycles. The van der Waals surface area contributed by atoms with Crippen LogP contribution in [0.5, 0.6) is 11.5 Å². The number of amides is 1. The quantitative estimate of drug-likeness (QED) is 0.801. The molecule has 138 valence electrons. The number of methoxy groups -OCH3 is 2. The number of benzene rings is 1. The summed E-state index contributed by atoms with van der Waals surface area (Å²) in [5, 5.41) is 6.53. The molecule has 1 aliphatic rings. The largest absolute Gasteiger partial charge is 0.495 e. The van der Waals surface area contributed by atoms with Gasteiger partial charge in [0.1, 0.15) is 23.0 Å². The van der Waals surface area contributed by atoms with Crippen LogP contribution in [0.15, 0.2) is 24.5 Å². The minimum Gasteiger partial charge on any atom is -0.495 e. The predicted molar refractivity (Wildman–Crippen MR) is 99.6 cm³/mol. The van der Waals surface area contributed by atoms with Crippen molar-refractivity contribution in [3.8, 4) is 11.5 Å². The Morgan fingerprint density at radius 1 is 1.12 bits per heavy atom. The third-order valence-corrected chi connectivity index (χ3v) is 4.61. The topological polar surface area (TPSA) is 85.4 Å². The third-order valence-electron chi connectivity index (χ3n) is 4.31. The van der Waals surface area contributed by atoms with Gasteiger partial charge in [-0.1, -0.05) is 24.4 Å². The summed E-state index contributed by atoms with van der Waals surface area (Å²) in [6.45, 7) is 0. The highest BCUT2D eigenvalue weighted by atomic mass is 35.5. The van der Waals surface area contributed by atoms with E-state index in [4.69, 9.17) is 21.1 Å². The van der Waals surface area contributed by atoms with Crippen molar-refractivity contribution >= 4 is 29.0 Å². The van der Waals surface area contributed by atoms with Gasteiger partial charge in [0.15, 0.2) is 0 Å². The molecule has 0 aliphatic heterocycles. The van der Waals surface area contributed by atoms with Gasteiger partial charge in [-0.05, 0) is 12.8 Å². The van der Waals surface area contributed by atoms with Crippen molar-refractivity contribution in [1.82, 2.24) is 15.3 Å². The van der Waals surface area contributed by atoms with Crippen LogP contribution < -0.4 is 20.1 Å². The predicted octanol–water partition coefficient (Wildman–Crippen LogP) is 3.56. The van der Waals surface area contributed by atoms with E-state index in [1.54, 1.807) is 19.2 Å². The van der Waals surface area contributed by atoms with Crippen LogP contribution in [-0.2, 0) is 0 Å². The van der Waals surface area contributed by atoms with E-state index in [0.29, 0.717) is 33.7 Å². The van der Waals surface area contributed by atoms with Crippen LogP contribution in [0.4, 0.5) is 11.5 Å². The fourth-order valence-electron chi connectivity index (χ4n) is 2.94. The van der Waals surface area contributed by atoms with Gasteiger partial charge in [-0.25, -0.2) is 9.97 Å². The van der Waals surface area contributed by atoms with E-state index in [9.17, 15) is 4.79 Å². The Morgan fingerprint density at radius 2 is 1.85 bits per heavy atom. The maximum atomic E-state index is 12.2. The van der Waals surface area contributed by atoms with Gasteiger partial charge in [0.25, 0.3) is 5.91 Å². The normalized spacial score (nSPS) is 14.1. The lowest BCUT2D eigenvalue weighted by atomic mass is 10.2. The van der Waals surface area contributed by atoms with Crippen LogP contribution >= 0.6 is 11.6 Å². The van der Waals surface area contributed by atoms with Crippen molar-refractivity contribution in [2.24, 2.45) is 0 Å². The summed E-state index contributed by atoms with van der Waals surface area (Å²) in [5.74, 6) is 1.34. The lowest BCUT2D eigenvalue weighted by Gasteiger charge is -2.14. The molecular formula is C18H21ClN4O3. The average Bonchev–Trinajstić information content (AvgIpc) is 3.16. The molecule has 1 amide bonds. The fraction of sp³-hybridized carbons (Fsp3) is 0.389. The molecule has 0 bridgehead atoms. The van der Waals surface area contributed by atoms with E-state index in [1.807, 2.05) is 0 Å². The number of hydrogen-bond acceptors (Lipinski definition) is 6. The number of anilines is 2. The van der Waals surface area contributed by atoms with Crippen LogP contribution in [0.3, 0.4) is 0 Å². The molecule has 1 aromatic heterocycles. The number of aromatic nitrogens is 2. The van der Waals surface area contributed by atoms with E-state index < -0.39 is 0 Å². The molecule has 26 heavy (non-hydrogen) atoms. The molecule has 1 aliphatic carbocycles. The second-order valence-corrected chi connectivity index (χ2v) is 6.46. The molecule has 7 nitrogen and oxygen atoms in total. The minimum atomic E-state index is -0.193. The van der Waals surface area contributed by atoms with Crippen LogP contribution in [0.25, 0.3) is 0 Å². The Bertz CT molecular complexity index is 777. The summed E-state index contributed by atoms with van der Waals surface area (Å²) in [4.78, 5) is 20.7. The molecule has 1 aromatic carbocycles. The zero-order chi connectivity index (χ0) is 18.5. The Labute approximate surface area is 157 Å². The maximum absolute atomic E-state index is 12.2. The molecular weight excluding hydrogens is 356 g/mol. The van der Waals surface area contributed by atoms with Crippen molar-refractivity contribution in [3.63, 3.8) is 0 Å². The fourth-order valence-corrected chi connectivity index (χ4v) is 3.17. The minimum absolute atomic E-state index is 0.193. The Balaban J connectivity index is 1.72. The first-order chi connectivity index (χ1) is 12.6. The van der Waals surface area contributed by atoms with E-state index in [2.05, 4.69) is 20.6 Å². The summed E-state index contributed by atoms with van der Waals surface area (Å²) in [6, 6.07) is 3.61. The van der Waals surface area contributed by atoms with Gasteiger partial charge >= 0.3 is 0 Å². The summed E-state index contributed by atoms with van der Waals surface area (Å²) in [7, 11) is 3.08. The number of carbonyl (C=O) groups excluding carboxylic acids is 1. The van der Waals surface area contributed by atoms with Crippen molar-refractivity contribution in [3.05, 3.63) is 35.2 Å².